The molecular formula is C13H13ClN4O2. The van der Waals surface area contributed by atoms with E-state index in [1.807, 2.05) is 0 Å². The van der Waals surface area contributed by atoms with Gasteiger partial charge in [-0.25, -0.2) is 9.69 Å². The Hall–Kier alpha value is -2.34. The molecule has 3 amide bonds. The van der Waals surface area contributed by atoms with Gasteiger partial charge >= 0.3 is 6.03 Å². The SMILES string of the molecule is Cc1nn(C)cc1C(=O)N(C(N)=O)c1cccc(Cl)c1. The average Bonchev–Trinajstić information content (AvgIpc) is 2.68. The summed E-state index contributed by atoms with van der Waals surface area (Å²) in [4.78, 5) is 24.9. The summed E-state index contributed by atoms with van der Waals surface area (Å²) in [6.45, 7) is 1.68. The van der Waals surface area contributed by atoms with Crippen LogP contribution in [0.5, 0.6) is 0 Å². The Morgan fingerprint density at radius 2 is 2.10 bits per heavy atom. The van der Waals surface area contributed by atoms with Gasteiger partial charge in [0.2, 0.25) is 0 Å². The topological polar surface area (TPSA) is 81.2 Å². The lowest BCUT2D eigenvalue weighted by molar-refractivity contribution is 0.0994. The predicted octanol–water partition coefficient (Wildman–Crippen LogP) is 2.11. The van der Waals surface area contributed by atoms with Crippen LogP contribution in [0.1, 0.15) is 16.1 Å². The number of aromatic nitrogens is 2. The fourth-order valence-electron chi connectivity index (χ4n) is 1.89. The van der Waals surface area contributed by atoms with Crippen molar-refractivity contribution in [3.05, 3.63) is 46.7 Å². The Morgan fingerprint density at radius 1 is 1.40 bits per heavy atom. The Labute approximate surface area is 120 Å². The van der Waals surface area contributed by atoms with Crippen molar-refractivity contribution in [1.82, 2.24) is 9.78 Å². The summed E-state index contributed by atoms with van der Waals surface area (Å²) in [5.41, 5.74) is 6.46. The molecule has 2 N–H and O–H groups in total. The Bertz CT molecular complexity index is 681. The van der Waals surface area contributed by atoms with Gasteiger partial charge in [-0.05, 0) is 25.1 Å². The largest absolute Gasteiger partial charge is 0.351 e. The maximum Gasteiger partial charge on any atom is 0.326 e. The van der Waals surface area contributed by atoms with E-state index in [1.54, 1.807) is 32.2 Å². The van der Waals surface area contributed by atoms with Gasteiger partial charge in [0.15, 0.2) is 0 Å². The summed E-state index contributed by atoms with van der Waals surface area (Å²) in [7, 11) is 1.69. The number of urea groups is 1. The molecule has 6 nitrogen and oxygen atoms in total. The highest BCUT2D eigenvalue weighted by molar-refractivity contribution is 6.31. The molecule has 20 heavy (non-hydrogen) atoms. The van der Waals surface area contributed by atoms with Crippen LogP contribution in [0.25, 0.3) is 0 Å². The van der Waals surface area contributed by atoms with Crippen molar-refractivity contribution < 1.29 is 9.59 Å². The molecule has 0 aliphatic rings. The third-order valence-corrected chi connectivity index (χ3v) is 2.97. The molecule has 7 heteroatoms. The number of rotatable bonds is 2. The van der Waals surface area contributed by atoms with E-state index in [9.17, 15) is 9.59 Å². The normalized spacial score (nSPS) is 10.3. The first-order chi connectivity index (χ1) is 9.40. The van der Waals surface area contributed by atoms with Gasteiger partial charge in [0, 0.05) is 18.3 Å². The molecule has 2 rings (SSSR count). The van der Waals surface area contributed by atoms with Gasteiger partial charge < -0.3 is 5.73 Å². The van der Waals surface area contributed by atoms with Gasteiger partial charge in [-0.2, -0.15) is 5.10 Å². The highest BCUT2D eigenvalue weighted by Gasteiger charge is 2.25. The first-order valence-electron chi connectivity index (χ1n) is 5.80. The number of hydrogen-bond donors (Lipinski definition) is 1. The fraction of sp³-hybridized carbons (Fsp3) is 0.154. The molecule has 0 bridgehead atoms. The molecule has 1 aromatic carbocycles. The fourth-order valence-corrected chi connectivity index (χ4v) is 2.07. The molecule has 1 heterocycles. The van der Waals surface area contributed by atoms with E-state index >= 15 is 0 Å². The van der Waals surface area contributed by atoms with Crippen LogP contribution in [-0.4, -0.2) is 21.7 Å². The molecule has 0 saturated carbocycles. The highest BCUT2D eigenvalue weighted by Crippen LogP contribution is 2.22. The van der Waals surface area contributed by atoms with Crippen LogP contribution in [0.15, 0.2) is 30.5 Å². The molecule has 0 unspecified atom stereocenters. The molecule has 2 aromatic rings. The number of aryl methyl sites for hydroxylation is 2. The van der Waals surface area contributed by atoms with Crippen LogP contribution < -0.4 is 10.6 Å². The van der Waals surface area contributed by atoms with Crippen molar-refractivity contribution in [3.8, 4) is 0 Å². The summed E-state index contributed by atoms with van der Waals surface area (Å²) in [6.07, 6.45) is 1.54. The number of carbonyl (C=O) groups is 2. The number of nitrogens with two attached hydrogens (primary N) is 1. The lowest BCUT2D eigenvalue weighted by atomic mass is 10.2. The zero-order valence-corrected chi connectivity index (χ0v) is 11.8. The van der Waals surface area contributed by atoms with E-state index < -0.39 is 11.9 Å². The standard InChI is InChI=1S/C13H13ClN4O2/c1-8-11(7-17(2)16-8)12(19)18(13(15)20)10-5-3-4-9(14)6-10/h3-7H,1-2H3,(H2,15,20). The summed E-state index contributed by atoms with van der Waals surface area (Å²) >= 11 is 5.87. The maximum absolute atomic E-state index is 12.5. The minimum Gasteiger partial charge on any atom is -0.351 e. The lowest BCUT2D eigenvalue weighted by Crippen LogP contribution is -2.41. The molecule has 104 valence electrons. The number of imide groups is 1. The predicted molar refractivity (Wildman–Crippen MR) is 75.8 cm³/mol. The third kappa shape index (κ3) is 2.65. The number of benzene rings is 1. The van der Waals surface area contributed by atoms with Gasteiger partial charge in [0.1, 0.15) is 0 Å². The molecular weight excluding hydrogens is 280 g/mol. The van der Waals surface area contributed by atoms with Crippen molar-refractivity contribution in [2.45, 2.75) is 6.92 Å². The summed E-state index contributed by atoms with van der Waals surface area (Å²) in [5.74, 6) is -0.537. The van der Waals surface area contributed by atoms with Crippen LogP contribution in [0.2, 0.25) is 5.02 Å². The molecule has 0 fully saturated rings. The number of nitrogens with zero attached hydrogens (tertiary/aromatic N) is 3. The van der Waals surface area contributed by atoms with Crippen LogP contribution >= 0.6 is 11.6 Å². The van der Waals surface area contributed by atoms with Crippen molar-refractivity contribution in [1.29, 1.82) is 0 Å². The minimum absolute atomic E-state index is 0.311. The Balaban J connectivity index is 2.47. The van der Waals surface area contributed by atoms with Crippen LogP contribution in [0, 0.1) is 6.92 Å². The summed E-state index contributed by atoms with van der Waals surface area (Å²) in [5, 5.41) is 4.48. The Kier molecular flexibility index (Phi) is 3.76. The third-order valence-electron chi connectivity index (χ3n) is 2.73. The van der Waals surface area contributed by atoms with Crippen LogP contribution in [0.4, 0.5) is 10.5 Å². The van der Waals surface area contributed by atoms with E-state index in [2.05, 4.69) is 5.10 Å². The van der Waals surface area contributed by atoms with Crippen LogP contribution in [0.3, 0.4) is 0 Å². The van der Waals surface area contributed by atoms with Gasteiger partial charge in [0.05, 0.1) is 16.9 Å². The minimum atomic E-state index is -0.875. The zero-order chi connectivity index (χ0) is 14.9. The quantitative estimate of drug-likeness (QED) is 0.920. The second kappa shape index (κ2) is 5.34. The molecule has 0 radical (unpaired) electrons. The zero-order valence-electron chi connectivity index (χ0n) is 11.0. The van der Waals surface area contributed by atoms with Gasteiger partial charge in [-0.1, -0.05) is 17.7 Å². The maximum atomic E-state index is 12.5. The first kappa shape index (κ1) is 14.1. The van der Waals surface area contributed by atoms with Gasteiger partial charge in [0.25, 0.3) is 5.91 Å². The number of primary amides is 1. The van der Waals surface area contributed by atoms with Gasteiger partial charge in [-0.15, -0.1) is 0 Å². The average molecular weight is 293 g/mol. The summed E-state index contributed by atoms with van der Waals surface area (Å²) in [6, 6.07) is 5.48. The van der Waals surface area contributed by atoms with Crippen molar-refractivity contribution in [2.75, 3.05) is 4.90 Å². The lowest BCUT2D eigenvalue weighted by Gasteiger charge is -2.18. The molecule has 0 aliphatic heterocycles. The molecule has 0 saturated heterocycles. The van der Waals surface area contributed by atoms with E-state index in [0.717, 1.165) is 4.90 Å². The molecule has 0 atom stereocenters. The monoisotopic (exact) mass is 292 g/mol. The number of halogens is 1. The van der Waals surface area contributed by atoms with Crippen molar-refractivity contribution in [2.24, 2.45) is 12.8 Å². The summed E-state index contributed by atoms with van der Waals surface area (Å²) < 4.78 is 1.50. The molecule has 1 aromatic heterocycles. The smallest absolute Gasteiger partial charge is 0.326 e. The van der Waals surface area contributed by atoms with Crippen LogP contribution in [-0.2, 0) is 7.05 Å². The van der Waals surface area contributed by atoms with Gasteiger partial charge in [-0.3, -0.25) is 9.48 Å². The second-order valence-corrected chi connectivity index (χ2v) is 4.70. The van der Waals surface area contributed by atoms with E-state index in [1.165, 1.54) is 16.9 Å². The van der Waals surface area contributed by atoms with E-state index in [0.29, 0.717) is 22.0 Å². The van der Waals surface area contributed by atoms with Crippen molar-refractivity contribution >= 4 is 29.2 Å². The number of anilines is 1. The number of hydrogen-bond acceptors (Lipinski definition) is 3. The number of amides is 3. The van der Waals surface area contributed by atoms with E-state index in [4.69, 9.17) is 17.3 Å². The van der Waals surface area contributed by atoms with Crippen molar-refractivity contribution in [3.63, 3.8) is 0 Å². The molecule has 0 aliphatic carbocycles. The highest BCUT2D eigenvalue weighted by atomic mass is 35.5. The van der Waals surface area contributed by atoms with E-state index in [-0.39, 0.29) is 0 Å². The number of carbonyl (C=O) groups excluding carboxylic acids is 2. The molecule has 0 spiro atoms. The Morgan fingerprint density at radius 3 is 2.60 bits per heavy atom. The second-order valence-electron chi connectivity index (χ2n) is 4.26. The first-order valence-corrected chi connectivity index (χ1v) is 6.17.